The number of amides is 1. The lowest BCUT2D eigenvalue weighted by Crippen LogP contribution is -2.37. The molecular weight excluding hydrogens is 240 g/mol. The Bertz CT molecular complexity index is 607. The van der Waals surface area contributed by atoms with E-state index in [0.29, 0.717) is 6.54 Å². The summed E-state index contributed by atoms with van der Waals surface area (Å²) in [6.07, 6.45) is 3.86. The second-order valence-electron chi connectivity index (χ2n) is 4.90. The Hall–Kier alpha value is -2.10. The van der Waals surface area contributed by atoms with Crippen molar-refractivity contribution in [3.8, 4) is 0 Å². The lowest BCUT2D eigenvalue weighted by molar-refractivity contribution is 0.107. The largest absolute Gasteiger partial charge is 0.465 e. The van der Waals surface area contributed by atoms with E-state index in [-0.39, 0.29) is 6.04 Å². The van der Waals surface area contributed by atoms with Crippen LogP contribution in [0, 0.1) is 0 Å². The molecule has 0 saturated carbocycles. The third-order valence-electron chi connectivity index (χ3n) is 3.79. The Labute approximate surface area is 111 Å². The number of fused-ring (bicyclic) bond motifs is 1. The molecule has 1 fully saturated rings. The van der Waals surface area contributed by atoms with Gasteiger partial charge in [-0.3, -0.25) is 4.98 Å². The van der Waals surface area contributed by atoms with Crippen molar-refractivity contribution in [1.82, 2.24) is 9.88 Å². The number of likely N-dealkylation sites (tertiary alicyclic amines) is 1. The zero-order valence-corrected chi connectivity index (χ0v) is 10.6. The maximum absolute atomic E-state index is 11.4. The van der Waals surface area contributed by atoms with Crippen LogP contribution in [0.4, 0.5) is 4.79 Å². The molecule has 98 valence electrons. The number of pyridine rings is 1. The summed E-state index contributed by atoms with van der Waals surface area (Å²) < 4.78 is 0. The number of hydrogen-bond acceptors (Lipinski definition) is 2. The van der Waals surface area contributed by atoms with E-state index in [0.717, 1.165) is 35.7 Å². The minimum Gasteiger partial charge on any atom is -0.465 e. The van der Waals surface area contributed by atoms with E-state index in [1.54, 1.807) is 11.1 Å². The number of hydrogen-bond donors (Lipinski definition) is 1. The Morgan fingerprint density at radius 3 is 2.95 bits per heavy atom. The van der Waals surface area contributed by atoms with Crippen LogP contribution >= 0.6 is 0 Å². The van der Waals surface area contributed by atoms with E-state index in [1.165, 1.54) is 0 Å². The average molecular weight is 256 g/mol. The Morgan fingerprint density at radius 1 is 1.26 bits per heavy atom. The molecule has 1 unspecified atom stereocenters. The van der Waals surface area contributed by atoms with Gasteiger partial charge in [-0.25, -0.2) is 4.79 Å². The molecular formula is C15H16N2O2. The molecule has 4 heteroatoms. The van der Waals surface area contributed by atoms with E-state index in [2.05, 4.69) is 4.98 Å². The molecule has 1 saturated heterocycles. The summed E-state index contributed by atoms with van der Waals surface area (Å²) in [4.78, 5) is 17.3. The van der Waals surface area contributed by atoms with Gasteiger partial charge in [0.25, 0.3) is 0 Å². The van der Waals surface area contributed by atoms with Crippen LogP contribution in [0.2, 0.25) is 0 Å². The maximum atomic E-state index is 11.4. The van der Waals surface area contributed by atoms with Crippen molar-refractivity contribution < 1.29 is 9.90 Å². The first-order chi connectivity index (χ1) is 9.27. The van der Waals surface area contributed by atoms with Crippen LogP contribution in [0.5, 0.6) is 0 Å². The quantitative estimate of drug-likeness (QED) is 0.850. The highest BCUT2D eigenvalue weighted by Gasteiger charge is 2.28. The fourth-order valence-corrected chi connectivity index (χ4v) is 2.89. The fraction of sp³-hybridized carbons (Fsp3) is 0.333. The van der Waals surface area contributed by atoms with E-state index in [9.17, 15) is 9.90 Å². The minimum absolute atomic E-state index is 0.0425. The number of nitrogens with zero attached hydrogens (tertiary/aromatic N) is 2. The summed E-state index contributed by atoms with van der Waals surface area (Å²) in [7, 11) is 0. The first kappa shape index (κ1) is 12.0. The molecule has 1 aromatic heterocycles. The number of para-hydroxylation sites is 1. The smallest absolute Gasteiger partial charge is 0.407 e. The molecule has 0 radical (unpaired) electrons. The summed E-state index contributed by atoms with van der Waals surface area (Å²) in [6, 6.07) is 9.82. The normalized spacial score (nSPS) is 19.6. The molecule has 1 N–H and O–H groups in total. The standard InChI is InChI=1S/C15H16N2O2/c18-15(19)17-10-4-3-7-14(17)12-8-9-16-13-6-2-1-5-11(12)13/h1-2,5-6,8-9,14H,3-4,7,10H2,(H,18,19). The summed E-state index contributed by atoms with van der Waals surface area (Å²) in [6.45, 7) is 0.622. The third-order valence-corrected chi connectivity index (χ3v) is 3.79. The van der Waals surface area contributed by atoms with Gasteiger partial charge in [0.05, 0.1) is 11.6 Å². The first-order valence-corrected chi connectivity index (χ1v) is 6.60. The predicted molar refractivity (Wildman–Crippen MR) is 73.1 cm³/mol. The van der Waals surface area contributed by atoms with Crippen molar-refractivity contribution in [3.63, 3.8) is 0 Å². The van der Waals surface area contributed by atoms with Crippen LogP contribution in [0.3, 0.4) is 0 Å². The van der Waals surface area contributed by atoms with Crippen molar-refractivity contribution in [2.75, 3.05) is 6.54 Å². The van der Waals surface area contributed by atoms with Crippen LogP contribution in [0.1, 0.15) is 30.9 Å². The highest BCUT2D eigenvalue weighted by Crippen LogP contribution is 2.34. The van der Waals surface area contributed by atoms with Crippen LogP contribution < -0.4 is 0 Å². The molecule has 3 rings (SSSR count). The Kier molecular flexibility index (Phi) is 3.07. The predicted octanol–water partition coefficient (Wildman–Crippen LogP) is 3.44. The zero-order valence-electron chi connectivity index (χ0n) is 10.6. The molecule has 2 aromatic rings. The summed E-state index contributed by atoms with van der Waals surface area (Å²) in [5.41, 5.74) is 2.00. The number of carboxylic acid groups (broad SMARTS) is 1. The molecule has 1 aromatic carbocycles. The molecule has 2 heterocycles. The van der Waals surface area contributed by atoms with Crippen molar-refractivity contribution >= 4 is 17.0 Å². The van der Waals surface area contributed by atoms with E-state index in [4.69, 9.17) is 0 Å². The average Bonchev–Trinajstić information content (AvgIpc) is 2.46. The van der Waals surface area contributed by atoms with Crippen LogP contribution in [0.25, 0.3) is 10.9 Å². The Morgan fingerprint density at radius 2 is 2.11 bits per heavy atom. The van der Waals surface area contributed by atoms with Gasteiger partial charge in [0.15, 0.2) is 0 Å². The van der Waals surface area contributed by atoms with Crippen molar-refractivity contribution in [2.45, 2.75) is 25.3 Å². The van der Waals surface area contributed by atoms with Crippen molar-refractivity contribution in [3.05, 3.63) is 42.1 Å². The van der Waals surface area contributed by atoms with Gasteiger partial charge < -0.3 is 10.0 Å². The van der Waals surface area contributed by atoms with Crippen LogP contribution in [0.15, 0.2) is 36.5 Å². The monoisotopic (exact) mass is 256 g/mol. The summed E-state index contributed by atoms with van der Waals surface area (Å²) in [5.74, 6) is 0. The van der Waals surface area contributed by atoms with Gasteiger partial charge in [0.1, 0.15) is 0 Å². The number of carbonyl (C=O) groups is 1. The topological polar surface area (TPSA) is 53.4 Å². The maximum Gasteiger partial charge on any atom is 0.407 e. The zero-order chi connectivity index (χ0) is 13.2. The molecule has 19 heavy (non-hydrogen) atoms. The van der Waals surface area contributed by atoms with Gasteiger partial charge in [0.2, 0.25) is 0 Å². The van der Waals surface area contributed by atoms with E-state index < -0.39 is 6.09 Å². The summed E-state index contributed by atoms with van der Waals surface area (Å²) in [5, 5.41) is 10.4. The van der Waals surface area contributed by atoms with Crippen LogP contribution in [-0.2, 0) is 0 Å². The minimum atomic E-state index is -0.828. The van der Waals surface area contributed by atoms with E-state index >= 15 is 0 Å². The Balaban J connectivity index is 2.09. The SMILES string of the molecule is O=C(O)N1CCCCC1c1ccnc2ccccc12. The molecule has 4 nitrogen and oxygen atoms in total. The molecule has 0 spiro atoms. The van der Waals surface area contributed by atoms with Gasteiger partial charge in [-0.2, -0.15) is 0 Å². The lowest BCUT2D eigenvalue weighted by atomic mass is 9.93. The third kappa shape index (κ3) is 2.14. The van der Waals surface area contributed by atoms with E-state index in [1.807, 2.05) is 30.3 Å². The summed E-state index contributed by atoms with van der Waals surface area (Å²) >= 11 is 0. The van der Waals surface area contributed by atoms with Crippen molar-refractivity contribution in [2.24, 2.45) is 0 Å². The van der Waals surface area contributed by atoms with Gasteiger partial charge in [-0.15, -0.1) is 0 Å². The van der Waals surface area contributed by atoms with Gasteiger partial charge in [0, 0.05) is 18.1 Å². The molecule has 0 bridgehead atoms. The van der Waals surface area contributed by atoms with Gasteiger partial charge >= 0.3 is 6.09 Å². The van der Waals surface area contributed by atoms with Gasteiger partial charge in [-0.1, -0.05) is 18.2 Å². The molecule has 1 aliphatic heterocycles. The number of benzene rings is 1. The highest BCUT2D eigenvalue weighted by molar-refractivity contribution is 5.83. The molecule has 1 amide bonds. The second kappa shape index (κ2) is 4.88. The van der Waals surface area contributed by atoms with Gasteiger partial charge in [-0.05, 0) is 37.0 Å². The number of aromatic nitrogens is 1. The molecule has 1 aliphatic rings. The lowest BCUT2D eigenvalue weighted by Gasteiger charge is -2.34. The number of rotatable bonds is 1. The molecule has 1 atom stereocenters. The molecule has 0 aliphatic carbocycles. The van der Waals surface area contributed by atoms with Crippen molar-refractivity contribution in [1.29, 1.82) is 0 Å². The highest BCUT2D eigenvalue weighted by atomic mass is 16.4. The number of piperidine rings is 1. The first-order valence-electron chi connectivity index (χ1n) is 6.60. The fourth-order valence-electron chi connectivity index (χ4n) is 2.89. The van der Waals surface area contributed by atoms with Crippen LogP contribution in [-0.4, -0.2) is 27.6 Å². The second-order valence-corrected chi connectivity index (χ2v) is 4.90.